The smallest absolute Gasteiger partial charge is 0.113 e. The van der Waals surface area contributed by atoms with E-state index in [1.54, 1.807) is 6.20 Å². The van der Waals surface area contributed by atoms with Crippen LogP contribution in [-0.2, 0) is 6.54 Å². The van der Waals surface area contributed by atoms with Crippen LogP contribution < -0.4 is 5.32 Å². The maximum Gasteiger partial charge on any atom is 0.113 e. The summed E-state index contributed by atoms with van der Waals surface area (Å²) >= 11 is 8.88. The highest BCUT2D eigenvalue weighted by Gasteiger charge is 2.05. The molecule has 0 amide bonds. The standard InChI is InChI=1S/C12H10ClN3S2/c1-7-2-10-8(4-16-18-10)3-9(7)14-6-12-15-5-11(13)17-12/h2-5,14H,6H2,1H3. The number of thiazole rings is 1. The average molecular weight is 296 g/mol. The SMILES string of the molecule is Cc1cc2sncc2cc1NCc1ncc(Cl)s1. The molecule has 3 rings (SSSR count). The Bertz CT molecular complexity index is 690. The van der Waals surface area contributed by atoms with Gasteiger partial charge < -0.3 is 5.32 Å². The van der Waals surface area contributed by atoms with Gasteiger partial charge >= 0.3 is 0 Å². The van der Waals surface area contributed by atoms with Gasteiger partial charge in [0.25, 0.3) is 0 Å². The fourth-order valence-electron chi connectivity index (χ4n) is 1.75. The number of nitrogens with zero attached hydrogens (tertiary/aromatic N) is 2. The lowest BCUT2D eigenvalue weighted by atomic mass is 10.1. The molecule has 18 heavy (non-hydrogen) atoms. The molecule has 0 unspecified atom stereocenters. The van der Waals surface area contributed by atoms with Crippen molar-refractivity contribution in [3.63, 3.8) is 0 Å². The van der Waals surface area contributed by atoms with Gasteiger partial charge in [-0.25, -0.2) is 4.98 Å². The van der Waals surface area contributed by atoms with Crippen molar-refractivity contribution in [3.8, 4) is 0 Å². The van der Waals surface area contributed by atoms with Crippen molar-refractivity contribution in [2.45, 2.75) is 13.5 Å². The van der Waals surface area contributed by atoms with Crippen LogP contribution in [0, 0.1) is 6.92 Å². The van der Waals surface area contributed by atoms with E-state index in [1.807, 2.05) is 6.20 Å². The zero-order valence-electron chi connectivity index (χ0n) is 9.61. The monoisotopic (exact) mass is 295 g/mol. The molecule has 0 fully saturated rings. The van der Waals surface area contributed by atoms with E-state index in [1.165, 1.54) is 38.5 Å². The van der Waals surface area contributed by atoms with E-state index in [4.69, 9.17) is 11.6 Å². The van der Waals surface area contributed by atoms with Crippen molar-refractivity contribution in [1.29, 1.82) is 0 Å². The lowest BCUT2D eigenvalue weighted by molar-refractivity contribution is 1.10. The molecule has 0 radical (unpaired) electrons. The number of halogens is 1. The van der Waals surface area contributed by atoms with Crippen LogP contribution in [0.1, 0.15) is 10.6 Å². The molecule has 92 valence electrons. The van der Waals surface area contributed by atoms with Crippen molar-refractivity contribution in [3.05, 3.63) is 39.4 Å². The van der Waals surface area contributed by atoms with Crippen molar-refractivity contribution in [1.82, 2.24) is 9.36 Å². The van der Waals surface area contributed by atoms with E-state index < -0.39 is 0 Å². The molecule has 0 atom stereocenters. The Hall–Kier alpha value is -1.17. The second-order valence-electron chi connectivity index (χ2n) is 3.94. The molecule has 1 N–H and O–H groups in total. The Morgan fingerprint density at radius 1 is 1.33 bits per heavy atom. The highest BCUT2D eigenvalue weighted by molar-refractivity contribution is 7.15. The molecule has 1 aromatic carbocycles. The minimum atomic E-state index is 0.696. The number of hydrogen-bond acceptors (Lipinski definition) is 5. The Kier molecular flexibility index (Phi) is 3.20. The van der Waals surface area contributed by atoms with Gasteiger partial charge in [0, 0.05) is 17.3 Å². The zero-order valence-corrected chi connectivity index (χ0v) is 12.0. The lowest BCUT2D eigenvalue weighted by Gasteiger charge is -2.08. The largest absolute Gasteiger partial charge is 0.378 e. The third-order valence-corrected chi connectivity index (χ3v) is 4.53. The van der Waals surface area contributed by atoms with Crippen LogP contribution in [0.2, 0.25) is 4.34 Å². The minimum absolute atomic E-state index is 0.696. The number of rotatable bonds is 3. The normalized spacial score (nSPS) is 11.0. The van der Waals surface area contributed by atoms with Gasteiger partial charge in [-0.1, -0.05) is 11.6 Å². The molecule has 3 aromatic rings. The average Bonchev–Trinajstić information content (AvgIpc) is 2.94. The molecule has 6 heteroatoms. The molecule has 2 heterocycles. The summed E-state index contributed by atoms with van der Waals surface area (Å²) in [5, 5.41) is 5.55. The summed E-state index contributed by atoms with van der Waals surface area (Å²) in [6, 6.07) is 4.29. The number of nitrogens with one attached hydrogen (secondary N) is 1. The molecule has 0 aliphatic heterocycles. The maximum atomic E-state index is 5.86. The summed E-state index contributed by atoms with van der Waals surface area (Å²) < 4.78 is 6.13. The van der Waals surface area contributed by atoms with Crippen LogP contribution in [0.15, 0.2) is 24.5 Å². The third kappa shape index (κ3) is 2.34. The van der Waals surface area contributed by atoms with Gasteiger partial charge in [0.1, 0.15) is 9.34 Å². The maximum absolute atomic E-state index is 5.86. The topological polar surface area (TPSA) is 37.8 Å². The summed E-state index contributed by atoms with van der Waals surface area (Å²) in [7, 11) is 0. The van der Waals surface area contributed by atoms with Gasteiger partial charge in [-0.15, -0.1) is 11.3 Å². The minimum Gasteiger partial charge on any atom is -0.378 e. The fraction of sp³-hybridized carbons (Fsp3) is 0.167. The third-order valence-electron chi connectivity index (χ3n) is 2.66. The number of fused-ring (bicyclic) bond motifs is 1. The van der Waals surface area contributed by atoms with Crippen LogP contribution in [0.5, 0.6) is 0 Å². The second-order valence-corrected chi connectivity index (χ2v) is 6.52. The van der Waals surface area contributed by atoms with E-state index >= 15 is 0 Å². The Morgan fingerprint density at radius 3 is 3.00 bits per heavy atom. The van der Waals surface area contributed by atoms with E-state index in [0.717, 1.165) is 15.0 Å². The fourth-order valence-corrected chi connectivity index (χ4v) is 3.37. The summed E-state index contributed by atoms with van der Waals surface area (Å²) in [6.45, 7) is 2.79. The summed E-state index contributed by atoms with van der Waals surface area (Å²) in [6.07, 6.45) is 3.58. The number of aryl methyl sites for hydroxylation is 1. The molecule has 2 aromatic heterocycles. The molecular formula is C12H10ClN3S2. The molecule has 0 aliphatic carbocycles. The van der Waals surface area contributed by atoms with Gasteiger partial charge in [0.05, 0.1) is 17.4 Å². The van der Waals surface area contributed by atoms with E-state index in [9.17, 15) is 0 Å². The van der Waals surface area contributed by atoms with Gasteiger partial charge in [-0.3, -0.25) is 0 Å². The molecule has 0 saturated heterocycles. The quantitative estimate of drug-likeness (QED) is 0.781. The Labute approximate surface area is 118 Å². The first-order valence-electron chi connectivity index (χ1n) is 5.41. The second kappa shape index (κ2) is 4.84. The molecule has 0 aliphatic rings. The summed E-state index contributed by atoms with van der Waals surface area (Å²) in [4.78, 5) is 4.23. The molecule has 0 spiro atoms. The van der Waals surface area contributed by atoms with Crippen molar-refractivity contribution < 1.29 is 0 Å². The molecule has 3 nitrogen and oxygen atoms in total. The highest BCUT2D eigenvalue weighted by atomic mass is 35.5. The highest BCUT2D eigenvalue weighted by Crippen LogP contribution is 2.27. The van der Waals surface area contributed by atoms with Crippen molar-refractivity contribution in [2.24, 2.45) is 0 Å². The van der Waals surface area contributed by atoms with Crippen molar-refractivity contribution >= 4 is 50.2 Å². The number of aromatic nitrogens is 2. The van der Waals surface area contributed by atoms with E-state index in [-0.39, 0.29) is 0 Å². The van der Waals surface area contributed by atoms with Gasteiger partial charge in [-0.05, 0) is 36.2 Å². The van der Waals surface area contributed by atoms with Crippen LogP contribution >= 0.6 is 34.5 Å². The first-order chi connectivity index (χ1) is 8.72. The van der Waals surface area contributed by atoms with E-state index in [2.05, 4.69) is 33.7 Å². The van der Waals surface area contributed by atoms with Gasteiger partial charge in [-0.2, -0.15) is 4.37 Å². The number of benzene rings is 1. The van der Waals surface area contributed by atoms with Crippen LogP contribution in [0.3, 0.4) is 0 Å². The molecule has 0 saturated carbocycles. The van der Waals surface area contributed by atoms with Crippen LogP contribution in [0.4, 0.5) is 5.69 Å². The molecule has 0 bridgehead atoms. The first-order valence-corrected chi connectivity index (χ1v) is 7.38. The van der Waals surface area contributed by atoms with E-state index in [0.29, 0.717) is 6.54 Å². The summed E-state index contributed by atoms with van der Waals surface area (Å²) in [5.74, 6) is 0. The van der Waals surface area contributed by atoms with Gasteiger partial charge in [0.2, 0.25) is 0 Å². The predicted octanol–water partition coefficient (Wildman–Crippen LogP) is 4.33. The van der Waals surface area contributed by atoms with Crippen LogP contribution in [0.25, 0.3) is 10.1 Å². The van der Waals surface area contributed by atoms with Gasteiger partial charge in [0.15, 0.2) is 0 Å². The zero-order chi connectivity index (χ0) is 12.5. The number of hydrogen-bond donors (Lipinski definition) is 1. The van der Waals surface area contributed by atoms with Crippen LogP contribution in [-0.4, -0.2) is 9.36 Å². The summed E-state index contributed by atoms with van der Waals surface area (Å²) in [5.41, 5.74) is 2.34. The van der Waals surface area contributed by atoms with Crippen molar-refractivity contribution in [2.75, 3.05) is 5.32 Å². The Balaban J connectivity index is 1.83. The molecular weight excluding hydrogens is 286 g/mol. The Morgan fingerprint density at radius 2 is 2.22 bits per heavy atom. The lowest BCUT2D eigenvalue weighted by Crippen LogP contribution is -2.00. The predicted molar refractivity (Wildman–Crippen MR) is 78.8 cm³/mol. The first kappa shape index (κ1) is 11.9. The number of anilines is 1.